The van der Waals surface area contributed by atoms with E-state index in [2.05, 4.69) is 28.1 Å². The SMILES string of the molecule is O=C(NC[C@H](c1cccs1)[NH+]1CCCC1)C1CCN(C(=O)Nc2ccccc2)CC1. The molecule has 0 bridgehead atoms. The zero-order valence-electron chi connectivity index (χ0n) is 17.3. The number of para-hydroxylation sites is 1. The molecule has 6 nitrogen and oxygen atoms in total. The van der Waals surface area contributed by atoms with Crippen molar-refractivity contribution in [2.75, 3.05) is 38.0 Å². The molecule has 1 aromatic carbocycles. The van der Waals surface area contributed by atoms with E-state index in [0.717, 1.165) is 5.69 Å². The van der Waals surface area contributed by atoms with Crippen LogP contribution < -0.4 is 15.5 Å². The number of piperidine rings is 1. The second-order valence-electron chi connectivity index (χ2n) is 8.24. The quantitative estimate of drug-likeness (QED) is 0.663. The molecule has 1 atom stereocenters. The number of amides is 3. The zero-order valence-corrected chi connectivity index (χ0v) is 18.1. The molecule has 2 aliphatic rings. The maximum absolute atomic E-state index is 12.8. The summed E-state index contributed by atoms with van der Waals surface area (Å²) in [6.45, 7) is 4.30. The van der Waals surface area contributed by atoms with Crippen molar-refractivity contribution in [3.8, 4) is 0 Å². The average molecular weight is 428 g/mol. The van der Waals surface area contributed by atoms with Crippen molar-refractivity contribution in [1.82, 2.24) is 10.2 Å². The number of quaternary nitrogens is 1. The van der Waals surface area contributed by atoms with Gasteiger partial charge in [0.15, 0.2) is 0 Å². The van der Waals surface area contributed by atoms with Crippen LogP contribution in [0.4, 0.5) is 10.5 Å². The van der Waals surface area contributed by atoms with Crippen molar-refractivity contribution < 1.29 is 14.5 Å². The van der Waals surface area contributed by atoms with E-state index < -0.39 is 0 Å². The number of likely N-dealkylation sites (tertiary alicyclic amines) is 2. The summed E-state index contributed by atoms with van der Waals surface area (Å²) in [5.41, 5.74) is 0.798. The largest absolute Gasteiger partial charge is 0.349 e. The first-order chi connectivity index (χ1) is 14.7. The van der Waals surface area contributed by atoms with Gasteiger partial charge in [0, 0.05) is 37.5 Å². The molecule has 0 spiro atoms. The van der Waals surface area contributed by atoms with Gasteiger partial charge in [-0.25, -0.2) is 4.79 Å². The van der Waals surface area contributed by atoms with Crippen molar-refractivity contribution in [3.63, 3.8) is 0 Å². The first-order valence-electron chi connectivity index (χ1n) is 11.0. The molecule has 3 amide bonds. The summed E-state index contributed by atoms with van der Waals surface area (Å²) in [4.78, 5) is 30.0. The van der Waals surface area contributed by atoms with Gasteiger partial charge in [-0.2, -0.15) is 0 Å². The minimum Gasteiger partial charge on any atom is -0.349 e. The summed E-state index contributed by atoms with van der Waals surface area (Å²) in [5.74, 6) is 0.126. The number of benzene rings is 1. The predicted octanol–water partition coefficient (Wildman–Crippen LogP) is 2.53. The molecule has 160 valence electrons. The monoisotopic (exact) mass is 427 g/mol. The molecule has 30 heavy (non-hydrogen) atoms. The van der Waals surface area contributed by atoms with Gasteiger partial charge in [0.05, 0.1) is 24.5 Å². The Balaban J connectivity index is 1.25. The molecule has 0 radical (unpaired) electrons. The lowest BCUT2D eigenvalue weighted by molar-refractivity contribution is -0.918. The van der Waals surface area contributed by atoms with Crippen LogP contribution in [0.1, 0.15) is 36.6 Å². The average Bonchev–Trinajstić information content (AvgIpc) is 3.50. The first-order valence-corrected chi connectivity index (χ1v) is 11.9. The van der Waals surface area contributed by atoms with Crippen LogP contribution in [0, 0.1) is 5.92 Å². The number of hydrogen-bond donors (Lipinski definition) is 3. The summed E-state index contributed by atoms with van der Waals surface area (Å²) in [6, 6.07) is 14.0. The molecule has 1 aromatic heterocycles. The van der Waals surface area contributed by atoms with Crippen LogP contribution in [0.5, 0.6) is 0 Å². The van der Waals surface area contributed by atoms with E-state index in [4.69, 9.17) is 0 Å². The van der Waals surface area contributed by atoms with Gasteiger partial charge in [0.25, 0.3) is 0 Å². The Bertz CT molecular complexity index is 813. The molecule has 2 aromatic rings. The van der Waals surface area contributed by atoms with Crippen LogP contribution in [-0.2, 0) is 4.79 Å². The Hall–Kier alpha value is -2.38. The van der Waals surface area contributed by atoms with Gasteiger partial charge in [-0.1, -0.05) is 24.3 Å². The van der Waals surface area contributed by atoms with E-state index in [1.165, 1.54) is 30.8 Å². The summed E-state index contributed by atoms with van der Waals surface area (Å²) < 4.78 is 0. The fraction of sp³-hybridized carbons (Fsp3) is 0.478. The van der Waals surface area contributed by atoms with Crippen LogP contribution in [-0.4, -0.2) is 49.6 Å². The molecule has 7 heteroatoms. The lowest BCUT2D eigenvalue weighted by Crippen LogP contribution is -3.11. The Labute approximate surface area is 182 Å². The van der Waals surface area contributed by atoms with Gasteiger partial charge in [-0.3, -0.25) is 4.79 Å². The van der Waals surface area contributed by atoms with Gasteiger partial charge in [-0.15, -0.1) is 11.3 Å². The molecule has 2 saturated heterocycles. The zero-order chi connectivity index (χ0) is 20.8. The molecule has 2 aliphatic heterocycles. The third-order valence-corrected chi connectivity index (χ3v) is 7.27. The van der Waals surface area contributed by atoms with E-state index in [9.17, 15) is 9.59 Å². The van der Waals surface area contributed by atoms with Crippen LogP contribution in [0.3, 0.4) is 0 Å². The fourth-order valence-electron chi connectivity index (χ4n) is 4.53. The standard InChI is InChI=1S/C23H30N4O2S/c28-22(24-17-20(21-9-6-16-30-21)26-12-4-5-13-26)18-10-14-27(15-11-18)23(29)25-19-7-2-1-3-8-19/h1-3,6-9,16,18,20H,4-5,10-15,17H2,(H,24,28)(H,25,29)/p+1/t20-/m1/s1. The summed E-state index contributed by atoms with van der Waals surface area (Å²) >= 11 is 1.79. The second kappa shape index (κ2) is 10.1. The molecule has 0 unspecified atom stereocenters. The lowest BCUT2D eigenvalue weighted by Gasteiger charge is -2.32. The minimum absolute atomic E-state index is 0.0108. The Morgan fingerprint density at radius 1 is 1.07 bits per heavy atom. The van der Waals surface area contributed by atoms with Crippen molar-refractivity contribution in [2.24, 2.45) is 5.92 Å². The molecule has 4 rings (SSSR count). The van der Waals surface area contributed by atoms with Gasteiger partial charge >= 0.3 is 6.03 Å². The maximum atomic E-state index is 12.8. The molecule has 3 N–H and O–H groups in total. The van der Waals surface area contributed by atoms with E-state index in [1.54, 1.807) is 21.1 Å². The molecular weight excluding hydrogens is 396 g/mol. The van der Waals surface area contributed by atoms with Crippen molar-refractivity contribution in [1.29, 1.82) is 0 Å². The topological polar surface area (TPSA) is 65.9 Å². The highest BCUT2D eigenvalue weighted by Gasteiger charge is 2.31. The molecule has 2 fully saturated rings. The number of nitrogens with one attached hydrogen (secondary N) is 3. The number of hydrogen-bond acceptors (Lipinski definition) is 3. The van der Waals surface area contributed by atoms with Crippen molar-refractivity contribution >= 4 is 29.0 Å². The number of nitrogens with zero attached hydrogens (tertiary/aromatic N) is 1. The molecule has 0 aliphatic carbocycles. The first kappa shape index (κ1) is 20.9. The predicted molar refractivity (Wildman–Crippen MR) is 120 cm³/mol. The smallest absolute Gasteiger partial charge is 0.321 e. The second-order valence-corrected chi connectivity index (χ2v) is 9.22. The van der Waals surface area contributed by atoms with Crippen LogP contribution in [0.15, 0.2) is 47.8 Å². The summed E-state index contributed by atoms with van der Waals surface area (Å²) in [5, 5.41) is 8.28. The van der Waals surface area contributed by atoms with E-state index >= 15 is 0 Å². The number of rotatable bonds is 6. The van der Waals surface area contributed by atoms with Gasteiger partial charge in [0.2, 0.25) is 5.91 Å². The van der Waals surface area contributed by atoms with Crippen molar-refractivity contribution in [2.45, 2.75) is 31.7 Å². The number of anilines is 1. The molecular formula is C23H31N4O2S+. The summed E-state index contributed by atoms with van der Waals surface area (Å²) in [6.07, 6.45) is 3.98. The van der Waals surface area contributed by atoms with Gasteiger partial charge < -0.3 is 20.4 Å². The summed E-state index contributed by atoms with van der Waals surface area (Å²) in [7, 11) is 0. The van der Waals surface area contributed by atoms with E-state index in [0.29, 0.717) is 38.5 Å². The highest BCUT2D eigenvalue weighted by molar-refractivity contribution is 7.10. The Morgan fingerprint density at radius 2 is 1.80 bits per heavy atom. The molecule has 0 saturated carbocycles. The van der Waals surface area contributed by atoms with Gasteiger partial charge in [-0.05, 0) is 36.4 Å². The number of carbonyl (C=O) groups is 2. The number of carbonyl (C=O) groups excluding carboxylic acids is 2. The van der Waals surface area contributed by atoms with Crippen LogP contribution >= 0.6 is 11.3 Å². The van der Waals surface area contributed by atoms with E-state index in [-0.39, 0.29) is 17.9 Å². The van der Waals surface area contributed by atoms with Crippen LogP contribution in [0.2, 0.25) is 0 Å². The fourth-order valence-corrected chi connectivity index (χ4v) is 5.41. The van der Waals surface area contributed by atoms with Gasteiger partial charge in [0.1, 0.15) is 6.04 Å². The number of thiophene rings is 1. The Morgan fingerprint density at radius 3 is 2.47 bits per heavy atom. The van der Waals surface area contributed by atoms with E-state index in [1.807, 2.05) is 30.3 Å². The highest BCUT2D eigenvalue weighted by Crippen LogP contribution is 2.20. The third-order valence-electron chi connectivity index (χ3n) is 6.28. The normalized spacial score (nSPS) is 18.9. The minimum atomic E-state index is -0.0875. The Kier molecular flexibility index (Phi) is 7.02. The van der Waals surface area contributed by atoms with Crippen molar-refractivity contribution in [3.05, 3.63) is 52.7 Å². The lowest BCUT2D eigenvalue weighted by atomic mass is 9.96. The number of urea groups is 1. The third kappa shape index (κ3) is 5.21. The van der Waals surface area contributed by atoms with Crippen LogP contribution in [0.25, 0.3) is 0 Å². The highest BCUT2D eigenvalue weighted by atomic mass is 32.1. The molecule has 3 heterocycles. The maximum Gasteiger partial charge on any atom is 0.321 e.